The molecule has 0 amide bonds. The van der Waals surface area contributed by atoms with Gasteiger partial charge in [-0.1, -0.05) is 36.7 Å². The molecule has 2 rings (SSSR count). The predicted octanol–water partition coefficient (Wildman–Crippen LogP) is 5.18. The highest BCUT2D eigenvalue weighted by Gasteiger charge is 2.35. The van der Waals surface area contributed by atoms with E-state index in [2.05, 4.69) is 42.0 Å². The van der Waals surface area contributed by atoms with Crippen molar-refractivity contribution in [3.63, 3.8) is 0 Å². The number of halogens is 2. The van der Waals surface area contributed by atoms with Crippen LogP contribution in [0.25, 0.3) is 0 Å². The Balaban J connectivity index is 2.16. The fourth-order valence-corrected chi connectivity index (χ4v) is 4.05. The summed E-state index contributed by atoms with van der Waals surface area (Å²) in [6, 6.07) is 5.77. The molecule has 0 saturated heterocycles. The van der Waals surface area contributed by atoms with E-state index < -0.39 is 0 Å². The quantitative estimate of drug-likeness (QED) is 0.787. The highest BCUT2D eigenvalue weighted by Crippen LogP contribution is 2.41. The van der Waals surface area contributed by atoms with Crippen LogP contribution >= 0.6 is 15.9 Å². The first kappa shape index (κ1) is 17.0. The van der Waals surface area contributed by atoms with Crippen molar-refractivity contribution >= 4 is 15.9 Å². The zero-order chi connectivity index (χ0) is 15.6. The molecule has 118 valence electrons. The number of nitrogens with one attached hydrogen (secondary N) is 1. The molecule has 3 atom stereocenters. The van der Waals surface area contributed by atoms with Gasteiger partial charge in [0.05, 0.1) is 0 Å². The lowest BCUT2D eigenvalue weighted by atomic mass is 9.66. The number of rotatable bonds is 3. The van der Waals surface area contributed by atoms with Crippen LogP contribution in [-0.4, -0.2) is 13.1 Å². The van der Waals surface area contributed by atoms with E-state index in [-0.39, 0.29) is 5.82 Å². The van der Waals surface area contributed by atoms with Crippen LogP contribution in [0.5, 0.6) is 0 Å². The van der Waals surface area contributed by atoms with Crippen molar-refractivity contribution in [3.8, 4) is 0 Å². The molecule has 0 spiro atoms. The van der Waals surface area contributed by atoms with E-state index in [0.29, 0.717) is 17.4 Å². The molecule has 21 heavy (non-hydrogen) atoms. The monoisotopic (exact) mass is 355 g/mol. The second-order valence-electron chi connectivity index (χ2n) is 7.47. The minimum atomic E-state index is -0.0778. The molecule has 0 aromatic heterocycles. The van der Waals surface area contributed by atoms with Crippen molar-refractivity contribution < 1.29 is 4.39 Å². The summed E-state index contributed by atoms with van der Waals surface area (Å²) in [6.07, 6.45) is 4.47. The van der Waals surface area contributed by atoms with Crippen LogP contribution in [0.2, 0.25) is 0 Å². The third-order valence-corrected chi connectivity index (χ3v) is 5.56. The molecule has 1 aliphatic rings. The van der Waals surface area contributed by atoms with Crippen molar-refractivity contribution in [2.24, 2.45) is 17.3 Å². The van der Waals surface area contributed by atoms with Crippen LogP contribution in [0.3, 0.4) is 0 Å². The first-order valence-corrected chi connectivity index (χ1v) is 8.71. The third-order valence-electron chi connectivity index (χ3n) is 5.07. The Labute approximate surface area is 136 Å². The Bertz CT molecular complexity index is 481. The largest absolute Gasteiger partial charge is 0.317 e. The maximum Gasteiger partial charge on any atom is 0.126 e. The van der Waals surface area contributed by atoms with Gasteiger partial charge in [-0.15, -0.1) is 0 Å². The van der Waals surface area contributed by atoms with Crippen LogP contribution in [-0.2, 0) is 6.42 Å². The highest BCUT2D eigenvalue weighted by atomic mass is 79.9. The van der Waals surface area contributed by atoms with Gasteiger partial charge in [-0.25, -0.2) is 4.39 Å². The molecule has 0 radical (unpaired) electrons. The van der Waals surface area contributed by atoms with E-state index in [1.54, 1.807) is 12.1 Å². The van der Waals surface area contributed by atoms with Crippen molar-refractivity contribution in [3.05, 3.63) is 34.1 Å². The SMILES string of the molecule is CNC1CCC(C(C)(C)C)CC1Cc1cc(Br)ccc1F. The van der Waals surface area contributed by atoms with E-state index in [9.17, 15) is 4.39 Å². The van der Waals surface area contributed by atoms with E-state index in [1.807, 2.05) is 13.1 Å². The third kappa shape index (κ3) is 4.29. The Morgan fingerprint density at radius 2 is 2.00 bits per heavy atom. The van der Waals surface area contributed by atoms with Crippen LogP contribution in [0, 0.1) is 23.1 Å². The summed E-state index contributed by atoms with van der Waals surface area (Å²) in [5.41, 5.74) is 1.18. The molecular formula is C18H27BrFN. The average molecular weight is 356 g/mol. The molecule has 0 heterocycles. The van der Waals surface area contributed by atoms with Gasteiger partial charge in [-0.2, -0.15) is 0 Å². The highest BCUT2D eigenvalue weighted by molar-refractivity contribution is 9.10. The summed E-state index contributed by atoms with van der Waals surface area (Å²) in [4.78, 5) is 0. The van der Waals surface area contributed by atoms with Gasteiger partial charge >= 0.3 is 0 Å². The second kappa shape index (κ2) is 6.78. The molecule has 1 saturated carbocycles. The molecule has 0 aliphatic heterocycles. The van der Waals surface area contributed by atoms with Crippen LogP contribution in [0.1, 0.15) is 45.6 Å². The van der Waals surface area contributed by atoms with Crippen LogP contribution in [0.4, 0.5) is 4.39 Å². The van der Waals surface area contributed by atoms with Crippen molar-refractivity contribution in [1.29, 1.82) is 0 Å². The van der Waals surface area contributed by atoms with Crippen LogP contribution < -0.4 is 5.32 Å². The fraction of sp³-hybridized carbons (Fsp3) is 0.667. The van der Waals surface area contributed by atoms with E-state index in [4.69, 9.17) is 0 Å². The first-order chi connectivity index (χ1) is 9.81. The molecule has 1 aliphatic carbocycles. The summed E-state index contributed by atoms with van der Waals surface area (Å²) in [6.45, 7) is 6.98. The van der Waals surface area contributed by atoms with Gasteiger partial charge < -0.3 is 5.32 Å². The first-order valence-electron chi connectivity index (χ1n) is 7.92. The standard InChI is InChI=1S/C18H27BrFN/c1-18(2,3)14-5-8-17(21-4)13(10-14)9-12-11-15(19)6-7-16(12)20/h6-7,11,13-14,17,21H,5,8-10H2,1-4H3. The fourth-order valence-electron chi connectivity index (χ4n) is 3.64. The molecule has 1 aromatic rings. The topological polar surface area (TPSA) is 12.0 Å². The predicted molar refractivity (Wildman–Crippen MR) is 90.9 cm³/mol. The Kier molecular flexibility index (Phi) is 5.48. The minimum absolute atomic E-state index is 0.0778. The lowest BCUT2D eigenvalue weighted by molar-refractivity contribution is 0.116. The minimum Gasteiger partial charge on any atom is -0.317 e. The molecule has 1 nitrogen and oxygen atoms in total. The Hall–Kier alpha value is -0.410. The van der Waals surface area contributed by atoms with Gasteiger partial charge in [0.25, 0.3) is 0 Å². The number of hydrogen-bond acceptors (Lipinski definition) is 1. The lowest BCUT2D eigenvalue weighted by Crippen LogP contribution is -2.42. The average Bonchev–Trinajstić information content (AvgIpc) is 2.42. The van der Waals surface area contributed by atoms with Gasteiger partial charge in [-0.3, -0.25) is 0 Å². The molecule has 1 N–H and O–H groups in total. The van der Waals surface area contributed by atoms with E-state index in [0.717, 1.165) is 22.4 Å². The molecule has 1 aromatic carbocycles. The molecular weight excluding hydrogens is 329 g/mol. The van der Waals surface area contributed by atoms with Gasteiger partial charge in [-0.05, 0) is 73.7 Å². The zero-order valence-electron chi connectivity index (χ0n) is 13.5. The van der Waals surface area contributed by atoms with Crippen molar-refractivity contribution in [2.75, 3.05) is 7.05 Å². The van der Waals surface area contributed by atoms with E-state index in [1.165, 1.54) is 19.3 Å². The normalized spacial score (nSPS) is 26.9. The number of hydrogen-bond donors (Lipinski definition) is 1. The summed E-state index contributed by atoms with van der Waals surface area (Å²) in [5.74, 6) is 1.16. The molecule has 1 fully saturated rings. The summed E-state index contributed by atoms with van der Waals surface area (Å²) >= 11 is 3.45. The number of benzene rings is 1. The lowest BCUT2D eigenvalue weighted by Gasteiger charge is -2.42. The zero-order valence-corrected chi connectivity index (χ0v) is 15.1. The Morgan fingerprint density at radius 3 is 2.62 bits per heavy atom. The van der Waals surface area contributed by atoms with E-state index >= 15 is 0 Å². The molecule has 3 heteroatoms. The maximum atomic E-state index is 14.0. The Morgan fingerprint density at radius 1 is 1.29 bits per heavy atom. The maximum absolute atomic E-state index is 14.0. The van der Waals surface area contributed by atoms with Gasteiger partial charge in [0.1, 0.15) is 5.82 Å². The van der Waals surface area contributed by atoms with Crippen LogP contribution in [0.15, 0.2) is 22.7 Å². The smallest absolute Gasteiger partial charge is 0.126 e. The second-order valence-corrected chi connectivity index (χ2v) is 8.39. The molecule has 0 bridgehead atoms. The summed E-state index contributed by atoms with van der Waals surface area (Å²) in [7, 11) is 2.03. The van der Waals surface area contributed by atoms with Gasteiger partial charge in [0.2, 0.25) is 0 Å². The van der Waals surface area contributed by atoms with Crippen molar-refractivity contribution in [2.45, 2.75) is 52.5 Å². The van der Waals surface area contributed by atoms with Crippen molar-refractivity contribution in [1.82, 2.24) is 5.32 Å². The summed E-state index contributed by atoms with van der Waals surface area (Å²) in [5, 5.41) is 3.45. The van der Waals surface area contributed by atoms with Gasteiger partial charge in [0, 0.05) is 10.5 Å². The summed E-state index contributed by atoms with van der Waals surface area (Å²) < 4.78 is 15.0. The van der Waals surface area contributed by atoms with Gasteiger partial charge in [0.15, 0.2) is 0 Å². The molecule has 3 unspecified atom stereocenters.